The number of aromatic nitrogens is 2. The molecule has 0 unspecified atom stereocenters. The summed E-state index contributed by atoms with van der Waals surface area (Å²) in [6.45, 7) is 5.77. The van der Waals surface area contributed by atoms with E-state index in [4.69, 9.17) is 0 Å². The third-order valence-corrected chi connectivity index (χ3v) is 6.08. The molecule has 0 spiro atoms. The van der Waals surface area contributed by atoms with Crippen molar-refractivity contribution in [2.24, 2.45) is 0 Å². The van der Waals surface area contributed by atoms with Gasteiger partial charge in [0.1, 0.15) is 10.7 Å². The highest BCUT2D eigenvalue weighted by Crippen LogP contribution is 2.28. The molecule has 2 N–H and O–H groups in total. The summed E-state index contributed by atoms with van der Waals surface area (Å²) in [4.78, 5) is 34.1. The number of anilines is 1. The zero-order valence-electron chi connectivity index (χ0n) is 16.5. The molecule has 0 fully saturated rings. The maximum Gasteiger partial charge on any atom is 0.266 e. The summed E-state index contributed by atoms with van der Waals surface area (Å²) in [5, 5.41) is 3.44. The molecule has 1 amide bonds. The average Bonchev–Trinajstić information content (AvgIpc) is 3.02. The minimum atomic E-state index is -0.221. The lowest BCUT2D eigenvalue weighted by Gasteiger charge is -2.08. The van der Waals surface area contributed by atoms with Gasteiger partial charge in [-0.15, -0.1) is 11.3 Å². The normalized spacial score (nSPS) is 11.0. The van der Waals surface area contributed by atoms with Gasteiger partial charge in [-0.05, 0) is 43.5 Å². The van der Waals surface area contributed by atoms with Crippen LogP contribution in [0.2, 0.25) is 0 Å². The molecule has 146 valence electrons. The van der Waals surface area contributed by atoms with Crippen LogP contribution < -0.4 is 10.9 Å². The molecule has 5 nitrogen and oxygen atoms in total. The molecule has 0 atom stereocenters. The highest BCUT2D eigenvalue weighted by Gasteiger charge is 2.20. The van der Waals surface area contributed by atoms with Crippen LogP contribution in [0.25, 0.3) is 10.2 Å². The van der Waals surface area contributed by atoms with Crippen molar-refractivity contribution in [3.8, 4) is 0 Å². The van der Waals surface area contributed by atoms with Gasteiger partial charge in [0.2, 0.25) is 0 Å². The summed E-state index contributed by atoms with van der Waals surface area (Å²) in [7, 11) is 0. The number of carbonyl (C=O) groups excluding carboxylic acids is 1. The summed E-state index contributed by atoms with van der Waals surface area (Å²) < 4.78 is 0. The topological polar surface area (TPSA) is 74.8 Å². The van der Waals surface area contributed by atoms with Gasteiger partial charge < -0.3 is 10.3 Å². The van der Waals surface area contributed by atoms with E-state index in [-0.39, 0.29) is 11.5 Å². The lowest BCUT2D eigenvalue weighted by Crippen LogP contribution is -2.14. The zero-order valence-corrected chi connectivity index (χ0v) is 17.3. The summed E-state index contributed by atoms with van der Waals surface area (Å²) >= 11 is 1.26. The van der Waals surface area contributed by atoms with Crippen LogP contribution in [-0.2, 0) is 6.42 Å². The Morgan fingerprint density at radius 1 is 1.10 bits per heavy atom. The van der Waals surface area contributed by atoms with Gasteiger partial charge in [-0.1, -0.05) is 48.0 Å². The van der Waals surface area contributed by atoms with Gasteiger partial charge in [-0.25, -0.2) is 4.98 Å². The third-order valence-electron chi connectivity index (χ3n) is 4.90. The van der Waals surface area contributed by atoms with Crippen LogP contribution in [0.1, 0.15) is 37.7 Å². The molecular weight excluding hydrogens is 382 g/mol. The molecule has 4 rings (SSSR count). The van der Waals surface area contributed by atoms with Gasteiger partial charge in [-0.2, -0.15) is 0 Å². The van der Waals surface area contributed by atoms with Crippen LogP contribution in [0, 0.1) is 20.8 Å². The molecular formula is C23H21N3O2S. The maximum absolute atomic E-state index is 12.9. The second-order valence-electron chi connectivity index (χ2n) is 7.18. The van der Waals surface area contributed by atoms with Crippen LogP contribution in [0.15, 0.2) is 53.3 Å². The van der Waals surface area contributed by atoms with Gasteiger partial charge in [0, 0.05) is 12.1 Å². The number of benzene rings is 2. The molecule has 4 aromatic rings. The van der Waals surface area contributed by atoms with E-state index < -0.39 is 0 Å². The van der Waals surface area contributed by atoms with E-state index in [1.807, 2.05) is 62.4 Å². The first kappa shape index (κ1) is 19.1. The molecule has 2 heterocycles. The van der Waals surface area contributed by atoms with Crippen molar-refractivity contribution in [2.75, 3.05) is 5.32 Å². The van der Waals surface area contributed by atoms with Crippen molar-refractivity contribution in [1.82, 2.24) is 9.97 Å². The predicted molar refractivity (Wildman–Crippen MR) is 118 cm³/mol. The number of rotatable bonds is 4. The number of aromatic amines is 1. The van der Waals surface area contributed by atoms with Crippen LogP contribution in [0.3, 0.4) is 0 Å². The highest BCUT2D eigenvalue weighted by molar-refractivity contribution is 7.20. The SMILES string of the molecule is Cc1ccc(NC(=O)c2sc3nc(Cc4ccccc4)[nH]c(=O)c3c2C)c(C)c1. The van der Waals surface area contributed by atoms with Gasteiger partial charge in [0.05, 0.1) is 10.3 Å². The first-order valence-electron chi connectivity index (χ1n) is 9.37. The Morgan fingerprint density at radius 2 is 1.86 bits per heavy atom. The smallest absolute Gasteiger partial charge is 0.266 e. The highest BCUT2D eigenvalue weighted by atomic mass is 32.1. The number of nitrogens with one attached hydrogen (secondary N) is 2. The van der Waals surface area contributed by atoms with Crippen LogP contribution in [0.4, 0.5) is 5.69 Å². The maximum atomic E-state index is 12.9. The van der Waals surface area contributed by atoms with Crippen LogP contribution >= 0.6 is 11.3 Å². The van der Waals surface area contributed by atoms with E-state index in [0.717, 1.165) is 22.4 Å². The lowest BCUT2D eigenvalue weighted by atomic mass is 10.1. The summed E-state index contributed by atoms with van der Waals surface area (Å²) in [6, 6.07) is 15.7. The molecule has 2 aromatic heterocycles. The number of thiophene rings is 1. The summed E-state index contributed by atoms with van der Waals surface area (Å²) in [5.41, 5.74) is 4.42. The summed E-state index contributed by atoms with van der Waals surface area (Å²) in [6.07, 6.45) is 0.535. The third kappa shape index (κ3) is 3.84. The first-order chi connectivity index (χ1) is 13.9. The Bertz CT molecular complexity index is 1270. The number of hydrogen-bond donors (Lipinski definition) is 2. The second kappa shape index (κ2) is 7.64. The Labute approximate surface area is 172 Å². The van der Waals surface area contributed by atoms with Crippen molar-refractivity contribution in [1.29, 1.82) is 0 Å². The van der Waals surface area contributed by atoms with Gasteiger partial charge in [0.15, 0.2) is 0 Å². The van der Waals surface area contributed by atoms with Crippen molar-refractivity contribution >= 4 is 33.1 Å². The fourth-order valence-electron chi connectivity index (χ4n) is 3.41. The van der Waals surface area contributed by atoms with E-state index in [9.17, 15) is 9.59 Å². The van der Waals surface area contributed by atoms with Gasteiger partial charge >= 0.3 is 0 Å². The zero-order chi connectivity index (χ0) is 20.5. The number of hydrogen-bond acceptors (Lipinski definition) is 4. The van der Waals surface area contributed by atoms with Crippen LogP contribution in [-0.4, -0.2) is 15.9 Å². The number of amides is 1. The molecule has 0 radical (unpaired) electrons. The fraction of sp³-hybridized carbons (Fsp3) is 0.174. The quantitative estimate of drug-likeness (QED) is 0.516. The Hall–Kier alpha value is -3.25. The van der Waals surface area contributed by atoms with Gasteiger partial charge in [-0.3, -0.25) is 9.59 Å². The van der Waals surface area contributed by atoms with E-state index in [1.165, 1.54) is 11.3 Å². The molecule has 0 bridgehead atoms. The first-order valence-corrected chi connectivity index (χ1v) is 10.2. The minimum Gasteiger partial charge on any atom is -0.321 e. The number of fused-ring (bicyclic) bond motifs is 1. The van der Waals surface area contributed by atoms with E-state index in [2.05, 4.69) is 15.3 Å². The Kier molecular flexibility index (Phi) is 5.03. The molecule has 0 saturated heterocycles. The molecule has 6 heteroatoms. The average molecular weight is 404 g/mol. The lowest BCUT2D eigenvalue weighted by molar-refractivity contribution is 0.103. The van der Waals surface area contributed by atoms with E-state index in [1.54, 1.807) is 6.92 Å². The van der Waals surface area contributed by atoms with Crippen molar-refractivity contribution in [3.63, 3.8) is 0 Å². The van der Waals surface area contributed by atoms with Gasteiger partial charge in [0.25, 0.3) is 11.5 Å². The van der Waals surface area contributed by atoms with E-state index in [0.29, 0.717) is 32.9 Å². The number of H-pyrrole nitrogens is 1. The predicted octanol–water partition coefficient (Wildman–Crippen LogP) is 4.75. The van der Waals surface area contributed by atoms with Crippen molar-refractivity contribution in [2.45, 2.75) is 27.2 Å². The molecule has 2 aromatic carbocycles. The molecule has 0 aliphatic carbocycles. The minimum absolute atomic E-state index is 0.208. The summed E-state index contributed by atoms with van der Waals surface area (Å²) in [5.74, 6) is 0.373. The van der Waals surface area contributed by atoms with Crippen molar-refractivity contribution < 1.29 is 4.79 Å². The van der Waals surface area contributed by atoms with Crippen LogP contribution in [0.5, 0.6) is 0 Å². The number of aryl methyl sites for hydroxylation is 3. The second-order valence-corrected chi connectivity index (χ2v) is 8.18. The number of nitrogens with zero attached hydrogens (tertiary/aromatic N) is 1. The monoisotopic (exact) mass is 403 g/mol. The molecule has 0 saturated carbocycles. The van der Waals surface area contributed by atoms with Crippen molar-refractivity contribution in [3.05, 3.63) is 91.8 Å². The fourth-order valence-corrected chi connectivity index (χ4v) is 4.51. The molecule has 29 heavy (non-hydrogen) atoms. The Balaban J connectivity index is 1.68. The molecule has 0 aliphatic rings. The van der Waals surface area contributed by atoms with E-state index >= 15 is 0 Å². The largest absolute Gasteiger partial charge is 0.321 e. The number of carbonyl (C=O) groups is 1. The molecule has 0 aliphatic heterocycles. The standard InChI is InChI=1S/C23H21N3O2S/c1-13-9-10-17(14(2)11-13)24-22(28)20-15(3)19-21(27)25-18(26-23(19)29-20)12-16-7-5-4-6-8-16/h4-11H,12H2,1-3H3,(H,24,28)(H,25,26,27). The Morgan fingerprint density at radius 3 is 2.59 bits per heavy atom.